The minimum Gasteiger partial charge on any atom is -0.496 e. The molecule has 1 aliphatic heterocycles. The van der Waals surface area contributed by atoms with Crippen LogP contribution in [0.1, 0.15) is 56.0 Å². The molecule has 1 fully saturated rings. The third-order valence-corrected chi connectivity index (χ3v) is 7.15. The number of likely N-dealkylation sites (tertiary alicyclic amines) is 1. The topological polar surface area (TPSA) is 65.6 Å². The predicted octanol–water partition coefficient (Wildman–Crippen LogP) is 5.81. The Bertz CT molecular complexity index is 1250. The van der Waals surface area contributed by atoms with Gasteiger partial charge >= 0.3 is 6.18 Å². The fourth-order valence-corrected chi connectivity index (χ4v) is 5.40. The highest BCUT2D eigenvalue weighted by Crippen LogP contribution is 2.45. The zero-order valence-corrected chi connectivity index (χ0v) is 20.5. The average molecular weight is 507 g/mol. The fraction of sp³-hybridized carbons (Fsp3) is 0.444. The second-order valence-corrected chi connectivity index (χ2v) is 10.3. The number of aromatic amines is 1. The molecule has 36 heavy (non-hydrogen) atoms. The minimum absolute atomic E-state index is 0.0561. The maximum absolute atomic E-state index is 14.3. The van der Waals surface area contributed by atoms with Gasteiger partial charge in [0.25, 0.3) is 0 Å². The van der Waals surface area contributed by atoms with Gasteiger partial charge in [-0.3, -0.25) is 4.79 Å². The number of carbonyl (C=O) groups is 1. The van der Waals surface area contributed by atoms with Gasteiger partial charge in [-0.05, 0) is 72.0 Å². The van der Waals surface area contributed by atoms with Gasteiger partial charge in [0.15, 0.2) is 5.60 Å². The van der Waals surface area contributed by atoms with Crippen LogP contribution in [-0.4, -0.2) is 46.8 Å². The van der Waals surface area contributed by atoms with E-state index in [0.717, 1.165) is 30.9 Å². The van der Waals surface area contributed by atoms with Crippen LogP contribution in [0.25, 0.3) is 10.9 Å². The highest BCUT2D eigenvalue weighted by Gasteiger charge is 2.56. The Morgan fingerprint density at radius 3 is 2.58 bits per heavy atom. The normalized spacial score (nSPS) is 18.4. The van der Waals surface area contributed by atoms with Gasteiger partial charge in [0.05, 0.1) is 13.2 Å². The molecule has 2 unspecified atom stereocenters. The summed E-state index contributed by atoms with van der Waals surface area (Å²) in [6, 6.07) is 10.7. The lowest BCUT2D eigenvalue weighted by molar-refractivity contribution is -0.266. The third-order valence-electron chi connectivity index (χ3n) is 7.15. The molecular weight excluding hydrogens is 476 g/mol. The molecule has 0 aliphatic carbocycles. The molecular formula is C27H30F4N2O3. The van der Waals surface area contributed by atoms with E-state index in [1.807, 2.05) is 12.1 Å². The number of H-pyrrole nitrogens is 1. The number of hydrogen-bond donors (Lipinski definition) is 2. The van der Waals surface area contributed by atoms with Crippen molar-refractivity contribution >= 4 is 17.3 Å². The molecule has 2 N–H and O–H groups in total. The monoisotopic (exact) mass is 506 g/mol. The van der Waals surface area contributed by atoms with Crippen LogP contribution in [0.2, 0.25) is 0 Å². The summed E-state index contributed by atoms with van der Waals surface area (Å²) >= 11 is 0. The molecule has 0 spiro atoms. The fourth-order valence-electron chi connectivity index (χ4n) is 5.40. The zero-order chi connectivity index (χ0) is 26.3. The molecule has 2 aromatic carbocycles. The first kappa shape index (κ1) is 26.0. The van der Waals surface area contributed by atoms with Crippen molar-refractivity contribution in [3.8, 4) is 5.75 Å². The van der Waals surface area contributed by atoms with E-state index in [1.54, 1.807) is 17.0 Å². The van der Waals surface area contributed by atoms with Crippen LogP contribution in [0.5, 0.6) is 5.75 Å². The molecule has 1 aromatic heterocycles. The molecule has 9 heteroatoms. The Kier molecular flexibility index (Phi) is 6.81. The van der Waals surface area contributed by atoms with Crippen molar-refractivity contribution in [2.75, 3.05) is 13.7 Å². The summed E-state index contributed by atoms with van der Waals surface area (Å²) in [7, 11) is 1.36. The third kappa shape index (κ3) is 4.93. The van der Waals surface area contributed by atoms with Crippen LogP contribution >= 0.6 is 0 Å². The molecule has 4 rings (SSSR count). The van der Waals surface area contributed by atoms with Gasteiger partial charge in [-0.15, -0.1) is 0 Å². The van der Waals surface area contributed by atoms with Crippen molar-refractivity contribution in [2.45, 2.75) is 62.8 Å². The Hall–Kier alpha value is -3.07. The largest absolute Gasteiger partial charge is 0.496 e. The number of fused-ring (bicyclic) bond motifs is 1. The zero-order valence-electron chi connectivity index (χ0n) is 20.5. The van der Waals surface area contributed by atoms with Gasteiger partial charge in [-0.1, -0.05) is 19.9 Å². The predicted molar refractivity (Wildman–Crippen MR) is 128 cm³/mol. The van der Waals surface area contributed by atoms with Gasteiger partial charge < -0.3 is 19.7 Å². The molecule has 1 aliphatic rings. The lowest BCUT2D eigenvalue weighted by Crippen LogP contribution is -2.51. The van der Waals surface area contributed by atoms with Crippen LogP contribution in [0.4, 0.5) is 17.6 Å². The van der Waals surface area contributed by atoms with Crippen molar-refractivity contribution in [3.05, 3.63) is 65.1 Å². The number of amides is 1. The van der Waals surface area contributed by atoms with E-state index < -0.39 is 35.9 Å². The molecule has 0 saturated carbocycles. The van der Waals surface area contributed by atoms with Crippen LogP contribution < -0.4 is 4.74 Å². The van der Waals surface area contributed by atoms with Gasteiger partial charge in [0, 0.05) is 29.7 Å². The Balaban J connectivity index is 1.65. The van der Waals surface area contributed by atoms with E-state index in [1.165, 1.54) is 33.1 Å². The smallest absolute Gasteiger partial charge is 0.417 e. The SMILES string of the molecule is COc1ccc(F)cc1C(C)(C)CC(O)(Cc1cc2cc(C3CCCN3C=O)ccc2[nH]1)C(F)(F)F. The van der Waals surface area contributed by atoms with Gasteiger partial charge in [-0.25, -0.2) is 4.39 Å². The second-order valence-electron chi connectivity index (χ2n) is 10.3. The first-order valence-corrected chi connectivity index (χ1v) is 11.8. The Morgan fingerprint density at radius 1 is 1.17 bits per heavy atom. The molecule has 0 radical (unpaired) electrons. The summed E-state index contributed by atoms with van der Waals surface area (Å²) in [5.41, 5.74) is -2.33. The summed E-state index contributed by atoms with van der Waals surface area (Å²) in [6.45, 7) is 3.73. The number of aromatic nitrogens is 1. The highest BCUT2D eigenvalue weighted by atomic mass is 19.4. The number of carbonyl (C=O) groups excluding carboxylic acids is 1. The van der Waals surface area contributed by atoms with Crippen molar-refractivity contribution in [1.29, 1.82) is 0 Å². The van der Waals surface area contributed by atoms with Crippen LogP contribution in [0.15, 0.2) is 42.5 Å². The first-order valence-electron chi connectivity index (χ1n) is 11.8. The van der Waals surface area contributed by atoms with Crippen molar-refractivity contribution in [3.63, 3.8) is 0 Å². The van der Waals surface area contributed by atoms with Crippen molar-refractivity contribution in [2.24, 2.45) is 0 Å². The summed E-state index contributed by atoms with van der Waals surface area (Å²) in [4.78, 5) is 16.1. The van der Waals surface area contributed by atoms with E-state index in [9.17, 15) is 27.5 Å². The molecule has 3 aromatic rings. The molecule has 0 bridgehead atoms. The van der Waals surface area contributed by atoms with Gasteiger partial charge in [-0.2, -0.15) is 13.2 Å². The second kappa shape index (κ2) is 9.42. The van der Waals surface area contributed by atoms with Crippen molar-refractivity contribution in [1.82, 2.24) is 9.88 Å². The minimum atomic E-state index is -4.94. The Labute approximate surface area is 207 Å². The lowest BCUT2D eigenvalue weighted by Gasteiger charge is -2.38. The van der Waals surface area contributed by atoms with Gasteiger partial charge in [0.1, 0.15) is 11.6 Å². The van der Waals surface area contributed by atoms with E-state index in [2.05, 4.69) is 4.98 Å². The average Bonchev–Trinajstić information content (AvgIpc) is 3.43. The number of nitrogens with one attached hydrogen (secondary N) is 1. The summed E-state index contributed by atoms with van der Waals surface area (Å²) < 4.78 is 62.1. The number of alkyl halides is 3. The highest BCUT2D eigenvalue weighted by molar-refractivity contribution is 5.81. The lowest BCUT2D eigenvalue weighted by atomic mass is 9.73. The first-order chi connectivity index (χ1) is 16.9. The van der Waals surface area contributed by atoms with Crippen molar-refractivity contribution < 1.29 is 32.2 Å². The molecule has 194 valence electrons. The number of rotatable bonds is 8. The number of ether oxygens (including phenoxy) is 1. The van der Waals surface area contributed by atoms with E-state index >= 15 is 0 Å². The van der Waals surface area contributed by atoms with Crippen LogP contribution in [0.3, 0.4) is 0 Å². The van der Waals surface area contributed by atoms with E-state index in [0.29, 0.717) is 17.4 Å². The molecule has 5 nitrogen and oxygen atoms in total. The van der Waals surface area contributed by atoms with Gasteiger partial charge in [0.2, 0.25) is 6.41 Å². The van der Waals surface area contributed by atoms with Crippen LogP contribution in [0, 0.1) is 5.82 Å². The number of halogens is 4. The molecule has 1 amide bonds. The number of nitrogens with zero attached hydrogens (tertiary/aromatic N) is 1. The number of hydrogen-bond acceptors (Lipinski definition) is 3. The molecule has 1 saturated heterocycles. The molecule has 2 heterocycles. The maximum atomic E-state index is 14.3. The number of benzene rings is 2. The quantitative estimate of drug-likeness (QED) is 0.299. The van der Waals surface area contributed by atoms with E-state index in [4.69, 9.17) is 4.74 Å². The summed E-state index contributed by atoms with van der Waals surface area (Å²) in [6.07, 6.45) is -3.81. The standard InChI is InChI=1S/C27H30F4N2O3/c1-25(2,21-13-19(28)7-9-24(21)36-3)15-26(35,27(29,30)31)14-20-12-18-11-17(6-8-22(18)32-20)23-5-4-10-33(23)16-34/h6-9,11-13,16,23,32,35H,4-5,10,14-15H2,1-3H3. The summed E-state index contributed by atoms with van der Waals surface area (Å²) in [5.74, 6) is -0.350. The molecule has 2 atom stereocenters. The Morgan fingerprint density at radius 2 is 1.92 bits per heavy atom. The number of aliphatic hydroxyl groups is 1. The maximum Gasteiger partial charge on any atom is 0.417 e. The summed E-state index contributed by atoms with van der Waals surface area (Å²) in [5, 5.41) is 11.7. The number of methoxy groups -OCH3 is 1. The van der Waals surface area contributed by atoms with Crippen LogP contribution in [-0.2, 0) is 16.6 Å². The van der Waals surface area contributed by atoms with E-state index in [-0.39, 0.29) is 23.0 Å².